The minimum Gasteiger partial charge on any atom is -0.494 e. The molecule has 0 saturated heterocycles. The number of rotatable bonds is 6. The van der Waals surface area contributed by atoms with E-state index < -0.39 is 5.82 Å². The van der Waals surface area contributed by atoms with E-state index in [4.69, 9.17) is 16.3 Å². The van der Waals surface area contributed by atoms with E-state index >= 15 is 0 Å². The van der Waals surface area contributed by atoms with Crippen LogP contribution >= 0.6 is 11.6 Å². The molecule has 1 N–H and O–H groups in total. The van der Waals surface area contributed by atoms with Gasteiger partial charge in [-0.1, -0.05) is 11.6 Å². The maximum Gasteiger partial charge on any atom is 0.167 e. The van der Waals surface area contributed by atoms with Crippen LogP contribution in [0.1, 0.15) is 12.5 Å². The Bertz CT molecular complexity index is 749. The van der Waals surface area contributed by atoms with Gasteiger partial charge in [-0.2, -0.15) is 0 Å². The molecule has 6 heteroatoms. The highest BCUT2D eigenvalue weighted by Crippen LogP contribution is 2.36. The van der Waals surface area contributed by atoms with Gasteiger partial charge in [0.25, 0.3) is 0 Å². The first kappa shape index (κ1) is 18.1. The summed E-state index contributed by atoms with van der Waals surface area (Å²) in [6, 6.07) is 8.46. The predicted octanol–water partition coefficient (Wildman–Crippen LogP) is 5.15. The Kier molecular flexibility index (Phi) is 6.04. The molecule has 0 aliphatic heterocycles. The standard InChI is InChI=1S/C18H21ClFN3O/c1-5-23(3)11-21-15-8-12(2)9-16(18(15)19)22-13-6-7-17(24-4)14(20)10-13/h6-11,22H,5H2,1-4H3. The van der Waals surface area contributed by atoms with E-state index in [0.29, 0.717) is 22.1 Å². The van der Waals surface area contributed by atoms with Crippen LogP contribution in [0.15, 0.2) is 35.3 Å². The SMILES string of the molecule is CCN(C)C=Nc1cc(C)cc(Nc2ccc(OC)c(F)c2)c1Cl. The highest BCUT2D eigenvalue weighted by Gasteiger charge is 2.09. The average Bonchev–Trinajstić information content (AvgIpc) is 2.56. The number of aryl methyl sites for hydroxylation is 1. The van der Waals surface area contributed by atoms with Gasteiger partial charge in [-0.25, -0.2) is 9.38 Å². The molecule has 2 rings (SSSR count). The molecule has 2 aromatic carbocycles. The molecule has 0 atom stereocenters. The number of hydrogen-bond acceptors (Lipinski definition) is 3. The molecule has 0 unspecified atom stereocenters. The number of hydrogen-bond donors (Lipinski definition) is 1. The fourth-order valence-corrected chi connectivity index (χ4v) is 2.28. The van der Waals surface area contributed by atoms with Gasteiger partial charge in [0, 0.05) is 25.3 Å². The Balaban J connectivity index is 2.32. The van der Waals surface area contributed by atoms with Crippen molar-refractivity contribution in [1.82, 2.24) is 4.90 Å². The van der Waals surface area contributed by atoms with E-state index in [1.54, 1.807) is 18.5 Å². The van der Waals surface area contributed by atoms with Crippen molar-refractivity contribution < 1.29 is 9.13 Å². The summed E-state index contributed by atoms with van der Waals surface area (Å²) in [5, 5.41) is 3.62. The zero-order chi connectivity index (χ0) is 17.7. The smallest absolute Gasteiger partial charge is 0.167 e. The van der Waals surface area contributed by atoms with Crippen molar-refractivity contribution in [3.63, 3.8) is 0 Å². The van der Waals surface area contributed by atoms with Gasteiger partial charge in [-0.3, -0.25) is 0 Å². The second-order valence-corrected chi connectivity index (χ2v) is 5.82. The molecule has 0 saturated carbocycles. The summed E-state index contributed by atoms with van der Waals surface area (Å²) in [6.07, 6.45) is 1.73. The maximum atomic E-state index is 13.8. The molecule has 0 aliphatic carbocycles. The van der Waals surface area contributed by atoms with E-state index in [0.717, 1.165) is 12.1 Å². The average molecular weight is 350 g/mol. The lowest BCUT2D eigenvalue weighted by Crippen LogP contribution is -2.14. The number of ether oxygens (including phenoxy) is 1. The third-order valence-corrected chi connectivity index (χ3v) is 3.92. The van der Waals surface area contributed by atoms with E-state index in [1.165, 1.54) is 13.2 Å². The largest absolute Gasteiger partial charge is 0.494 e. The zero-order valence-corrected chi connectivity index (χ0v) is 15.0. The van der Waals surface area contributed by atoms with Crippen LogP contribution in [-0.4, -0.2) is 31.9 Å². The van der Waals surface area contributed by atoms with Crippen LogP contribution in [0.2, 0.25) is 5.02 Å². The minimum atomic E-state index is -0.436. The summed E-state index contributed by atoms with van der Waals surface area (Å²) in [7, 11) is 3.37. The van der Waals surface area contributed by atoms with Gasteiger partial charge in [-0.05, 0) is 43.7 Å². The minimum absolute atomic E-state index is 0.198. The summed E-state index contributed by atoms with van der Waals surface area (Å²) in [5.74, 6) is -0.238. The van der Waals surface area contributed by atoms with E-state index in [-0.39, 0.29) is 5.75 Å². The Morgan fingerprint density at radius 3 is 2.71 bits per heavy atom. The third kappa shape index (κ3) is 4.38. The molecule has 0 radical (unpaired) electrons. The molecule has 4 nitrogen and oxygen atoms in total. The molecule has 0 aromatic heterocycles. The Hall–Kier alpha value is -2.27. The number of halogens is 2. The number of nitrogens with one attached hydrogen (secondary N) is 1. The quantitative estimate of drug-likeness (QED) is 0.578. The van der Waals surface area contributed by atoms with E-state index in [2.05, 4.69) is 10.3 Å². The summed E-state index contributed by atoms with van der Waals surface area (Å²) in [5.41, 5.74) is 2.92. The third-order valence-electron chi connectivity index (χ3n) is 3.52. The van der Waals surface area contributed by atoms with Crippen molar-refractivity contribution in [2.45, 2.75) is 13.8 Å². The molecule has 2 aromatic rings. The first-order valence-electron chi connectivity index (χ1n) is 7.59. The molecule has 0 bridgehead atoms. The Labute approximate surface area is 146 Å². The van der Waals surface area contributed by atoms with Crippen LogP contribution in [0, 0.1) is 12.7 Å². The normalized spacial score (nSPS) is 10.9. The van der Waals surface area contributed by atoms with Crippen molar-refractivity contribution in [3.05, 3.63) is 46.7 Å². The van der Waals surface area contributed by atoms with Gasteiger partial charge in [0.05, 0.1) is 29.8 Å². The van der Waals surface area contributed by atoms with Crippen molar-refractivity contribution in [1.29, 1.82) is 0 Å². The van der Waals surface area contributed by atoms with Crippen molar-refractivity contribution in [2.24, 2.45) is 4.99 Å². The summed E-state index contributed by atoms with van der Waals surface area (Å²) in [6.45, 7) is 4.84. The van der Waals surface area contributed by atoms with Crippen LogP contribution < -0.4 is 10.1 Å². The van der Waals surface area contributed by atoms with Crippen molar-refractivity contribution in [2.75, 3.05) is 26.0 Å². The van der Waals surface area contributed by atoms with Crippen LogP contribution in [0.4, 0.5) is 21.5 Å². The van der Waals surface area contributed by atoms with Gasteiger partial charge in [-0.15, -0.1) is 0 Å². The second kappa shape index (κ2) is 8.02. The number of nitrogens with zero attached hydrogens (tertiary/aromatic N) is 2. The number of aliphatic imine (C=N–C) groups is 1. The molecule has 0 amide bonds. The van der Waals surface area contributed by atoms with Crippen molar-refractivity contribution in [3.8, 4) is 5.75 Å². The highest BCUT2D eigenvalue weighted by molar-refractivity contribution is 6.36. The van der Waals surface area contributed by atoms with Gasteiger partial charge in [0.1, 0.15) is 0 Å². The molecule has 0 aliphatic rings. The van der Waals surface area contributed by atoms with Crippen LogP contribution in [0.5, 0.6) is 5.75 Å². The first-order valence-corrected chi connectivity index (χ1v) is 7.97. The van der Waals surface area contributed by atoms with Gasteiger partial charge < -0.3 is 15.0 Å². The number of benzene rings is 2. The van der Waals surface area contributed by atoms with Gasteiger partial charge in [0.15, 0.2) is 11.6 Å². The summed E-state index contributed by atoms with van der Waals surface area (Å²) in [4.78, 5) is 6.37. The molecule has 24 heavy (non-hydrogen) atoms. The van der Waals surface area contributed by atoms with Crippen LogP contribution in [0.3, 0.4) is 0 Å². The second-order valence-electron chi connectivity index (χ2n) is 5.44. The van der Waals surface area contributed by atoms with Gasteiger partial charge >= 0.3 is 0 Å². The Morgan fingerprint density at radius 1 is 1.33 bits per heavy atom. The molecule has 0 spiro atoms. The lowest BCUT2D eigenvalue weighted by molar-refractivity contribution is 0.386. The summed E-state index contributed by atoms with van der Waals surface area (Å²) >= 11 is 6.44. The number of methoxy groups -OCH3 is 1. The molecular formula is C18H21ClFN3O. The summed E-state index contributed by atoms with van der Waals surface area (Å²) < 4.78 is 18.8. The lowest BCUT2D eigenvalue weighted by atomic mass is 10.2. The molecule has 0 heterocycles. The lowest BCUT2D eigenvalue weighted by Gasteiger charge is -2.13. The molecular weight excluding hydrogens is 329 g/mol. The fourth-order valence-electron chi connectivity index (χ4n) is 2.08. The van der Waals surface area contributed by atoms with Crippen LogP contribution in [-0.2, 0) is 0 Å². The first-order chi connectivity index (χ1) is 11.4. The maximum absolute atomic E-state index is 13.8. The molecule has 128 valence electrons. The zero-order valence-electron chi connectivity index (χ0n) is 14.2. The van der Waals surface area contributed by atoms with E-state index in [9.17, 15) is 4.39 Å². The van der Waals surface area contributed by atoms with E-state index in [1.807, 2.05) is 37.9 Å². The fraction of sp³-hybridized carbons (Fsp3) is 0.278. The topological polar surface area (TPSA) is 36.9 Å². The highest BCUT2D eigenvalue weighted by atomic mass is 35.5. The van der Waals surface area contributed by atoms with Crippen molar-refractivity contribution >= 4 is 35.0 Å². The molecule has 0 fully saturated rings. The predicted molar refractivity (Wildman–Crippen MR) is 98.9 cm³/mol. The monoisotopic (exact) mass is 349 g/mol. The van der Waals surface area contributed by atoms with Gasteiger partial charge in [0.2, 0.25) is 0 Å². The number of anilines is 2. The van der Waals surface area contributed by atoms with Crippen LogP contribution in [0.25, 0.3) is 0 Å². The Morgan fingerprint density at radius 2 is 2.08 bits per heavy atom.